The molecule has 0 spiro atoms. The maximum Gasteiger partial charge on any atom is 0.210 e. The van der Waals surface area contributed by atoms with Crippen molar-refractivity contribution in [2.45, 2.75) is 6.42 Å². The third kappa shape index (κ3) is 6.16. The largest absolute Gasteiger partial charge is 0.315 e. The Morgan fingerprint density at radius 1 is 1.40 bits per heavy atom. The first-order chi connectivity index (χ1) is 7.08. The molecule has 0 aliphatic heterocycles. The van der Waals surface area contributed by atoms with E-state index < -0.39 is 10.0 Å². The molecule has 6 heteroatoms. The van der Waals surface area contributed by atoms with E-state index >= 15 is 0 Å². The smallest absolute Gasteiger partial charge is 0.210 e. The van der Waals surface area contributed by atoms with Crippen molar-refractivity contribution in [3.63, 3.8) is 0 Å². The summed E-state index contributed by atoms with van der Waals surface area (Å²) in [5, 5.41) is 7.85. The van der Waals surface area contributed by atoms with E-state index in [-0.39, 0.29) is 5.75 Å². The zero-order chi connectivity index (χ0) is 11.1. The molecule has 1 aromatic rings. The van der Waals surface area contributed by atoms with E-state index in [9.17, 15) is 8.42 Å². The number of primary sulfonamides is 1. The maximum atomic E-state index is 10.6. The second-order valence-electron chi connectivity index (χ2n) is 3.23. The van der Waals surface area contributed by atoms with Crippen molar-refractivity contribution < 1.29 is 8.42 Å². The average Bonchev–Trinajstić information content (AvgIpc) is 2.17. The molecular formula is C9H15N3O2S. The molecule has 0 atom stereocenters. The van der Waals surface area contributed by atoms with Crippen molar-refractivity contribution in [3.05, 3.63) is 30.1 Å². The fourth-order valence-electron chi connectivity index (χ4n) is 1.12. The number of hydrogen-bond donors (Lipinski definition) is 2. The zero-order valence-corrected chi connectivity index (χ0v) is 9.20. The molecular weight excluding hydrogens is 214 g/mol. The van der Waals surface area contributed by atoms with Crippen molar-refractivity contribution >= 4 is 10.0 Å². The normalized spacial score (nSPS) is 11.5. The third-order valence-electron chi connectivity index (χ3n) is 1.88. The molecule has 1 heterocycles. The van der Waals surface area contributed by atoms with Gasteiger partial charge in [0.15, 0.2) is 0 Å². The molecule has 0 unspecified atom stereocenters. The van der Waals surface area contributed by atoms with E-state index in [0.717, 1.165) is 18.5 Å². The van der Waals surface area contributed by atoms with Gasteiger partial charge in [-0.25, -0.2) is 13.6 Å². The zero-order valence-electron chi connectivity index (χ0n) is 8.39. The fourth-order valence-corrected chi connectivity index (χ4v) is 1.55. The average molecular weight is 229 g/mol. The summed E-state index contributed by atoms with van der Waals surface area (Å²) in [4.78, 5) is 3.98. The quantitative estimate of drug-likeness (QED) is 0.644. The molecule has 0 aliphatic carbocycles. The van der Waals surface area contributed by atoms with E-state index in [1.54, 1.807) is 12.4 Å². The molecule has 1 aromatic heterocycles. The highest BCUT2D eigenvalue weighted by molar-refractivity contribution is 7.89. The van der Waals surface area contributed by atoms with Gasteiger partial charge >= 0.3 is 0 Å². The lowest BCUT2D eigenvalue weighted by Gasteiger charge is -2.03. The van der Waals surface area contributed by atoms with Gasteiger partial charge in [-0.15, -0.1) is 0 Å². The predicted molar refractivity (Wildman–Crippen MR) is 58.8 cm³/mol. The van der Waals surface area contributed by atoms with Crippen LogP contribution in [0.5, 0.6) is 0 Å². The van der Waals surface area contributed by atoms with E-state index in [2.05, 4.69) is 10.3 Å². The van der Waals surface area contributed by atoms with Gasteiger partial charge in [-0.3, -0.25) is 4.98 Å². The molecule has 0 bridgehead atoms. The summed E-state index contributed by atoms with van der Waals surface area (Å²) in [7, 11) is -3.34. The van der Waals surface area contributed by atoms with Crippen LogP contribution in [0.25, 0.3) is 0 Å². The molecule has 0 amide bonds. The number of rotatable bonds is 6. The summed E-state index contributed by atoms with van der Waals surface area (Å²) >= 11 is 0. The van der Waals surface area contributed by atoms with Crippen LogP contribution >= 0.6 is 0 Å². The minimum atomic E-state index is -3.34. The minimum Gasteiger partial charge on any atom is -0.315 e. The van der Waals surface area contributed by atoms with Gasteiger partial charge in [-0.05, 0) is 24.6 Å². The summed E-state index contributed by atoms with van der Waals surface area (Å²) in [6.07, 6.45) is 4.34. The second kappa shape index (κ2) is 5.79. The third-order valence-corrected chi connectivity index (χ3v) is 2.65. The van der Waals surface area contributed by atoms with Crippen molar-refractivity contribution in [1.82, 2.24) is 10.3 Å². The number of sulfonamides is 1. The lowest BCUT2D eigenvalue weighted by molar-refractivity contribution is 0.592. The number of aromatic nitrogens is 1. The van der Waals surface area contributed by atoms with E-state index in [1.807, 2.05) is 12.1 Å². The van der Waals surface area contributed by atoms with Gasteiger partial charge in [-0.1, -0.05) is 6.07 Å². The van der Waals surface area contributed by atoms with E-state index in [4.69, 9.17) is 5.14 Å². The van der Waals surface area contributed by atoms with Crippen LogP contribution in [-0.4, -0.2) is 32.2 Å². The van der Waals surface area contributed by atoms with Crippen LogP contribution in [0.4, 0.5) is 0 Å². The molecule has 15 heavy (non-hydrogen) atoms. The van der Waals surface area contributed by atoms with Crippen LogP contribution < -0.4 is 10.5 Å². The molecule has 0 aromatic carbocycles. The number of pyridine rings is 1. The molecule has 0 aliphatic rings. The summed E-state index contributed by atoms with van der Waals surface area (Å²) in [5.41, 5.74) is 1.13. The Labute approximate surface area is 89.8 Å². The number of nitrogens with zero attached hydrogens (tertiary/aromatic N) is 1. The van der Waals surface area contributed by atoms with Crippen LogP contribution in [0, 0.1) is 0 Å². The highest BCUT2D eigenvalue weighted by atomic mass is 32.2. The van der Waals surface area contributed by atoms with Gasteiger partial charge in [0.25, 0.3) is 0 Å². The van der Waals surface area contributed by atoms with Crippen molar-refractivity contribution in [2.75, 3.05) is 18.8 Å². The van der Waals surface area contributed by atoms with Crippen molar-refractivity contribution in [3.8, 4) is 0 Å². The highest BCUT2D eigenvalue weighted by Crippen LogP contribution is 1.94. The Bertz CT molecular complexity index is 378. The maximum absolute atomic E-state index is 10.6. The minimum absolute atomic E-state index is 0.0277. The first-order valence-corrected chi connectivity index (χ1v) is 6.39. The Morgan fingerprint density at radius 3 is 2.80 bits per heavy atom. The second-order valence-corrected chi connectivity index (χ2v) is 4.96. The summed E-state index contributed by atoms with van der Waals surface area (Å²) in [6, 6.07) is 3.86. The Hall–Kier alpha value is -0.980. The summed E-state index contributed by atoms with van der Waals surface area (Å²) in [5.74, 6) is -0.0277. The van der Waals surface area contributed by atoms with Crippen LogP contribution in [0.3, 0.4) is 0 Å². The first kappa shape index (κ1) is 12.1. The molecule has 0 saturated carbocycles. The van der Waals surface area contributed by atoms with Gasteiger partial charge in [-0.2, -0.15) is 0 Å². The molecule has 0 radical (unpaired) electrons. The van der Waals surface area contributed by atoms with Crippen molar-refractivity contribution in [1.29, 1.82) is 0 Å². The van der Waals surface area contributed by atoms with Crippen LogP contribution in [0.1, 0.15) is 5.56 Å². The first-order valence-electron chi connectivity index (χ1n) is 4.68. The monoisotopic (exact) mass is 229 g/mol. The highest BCUT2D eigenvalue weighted by Gasteiger charge is 2.00. The lowest BCUT2D eigenvalue weighted by Crippen LogP contribution is -2.28. The number of nitrogens with one attached hydrogen (secondary N) is 1. The van der Waals surface area contributed by atoms with E-state index in [0.29, 0.717) is 6.54 Å². The van der Waals surface area contributed by atoms with Gasteiger partial charge in [0.05, 0.1) is 5.75 Å². The molecule has 3 N–H and O–H groups in total. The van der Waals surface area contributed by atoms with Crippen molar-refractivity contribution in [2.24, 2.45) is 5.14 Å². The number of nitrogens with two attached hydrogens (primary N) is 1. The van der Waals surface area contributed by atoms with Gasteiger partial charge in [0.1, 0.15) is 0 Å². The molecule has 0 saturated heterocycles. The number of hydrogen-bond acceptors (Lipinski definition) is 4. The molecule has 5 nitrogen and oxygen atoms in total. The lowest BCUT2D eigenvalue weighted by atomic mass is 10.2. The molecule has 84 valence electrons. The summed E-state index contributed by atoms with van der Waals surface area (Å²) < 4.78 is 21.2. The van der Waals surface area contributed by atoms with Crippen LogP contribution in [0.2, 0.25) is 0 Å². The topological polar surface area (TPSA) is 85.1 Å². The Morgan fingerprint density at radius 2 is 2.20 bits per heavy atom. The van der Waals surface area contributed by atoms with Gasteiger partial charge in [0.2, 0.25) is 10.0 Å². The van der Waals surface area contributed by atoms with Gasteiger partial charge < -0.3 is 5.32 Å². The van der Waals surface area contributed by atoms with Crippen LogP contribution in [0.15, 0.2) is 24.5 Å². The standard InChI is InChI=1S/C9H15N3O2S/c10-15(13,14)7-6-11-5-3-9-2-1-4-12-8-9/h1-2,4,8,11H,3,5-7H2,(H2,10,13,14). The summed E-state index contributed by atoms with van der Waals surface area (Å²) in [6.45, 7) is 1.11. The fraction of sp³-hybridized carbons (Fsp3) is 0.444. The molecule has 1 rings (SSSR count). The SMILES string of the molecule is NS(=O)(=O)CCNCCc1cccnc1. The Balaban J connectivity index is 2.13. The molecule has 0 fully saturated rings. The van der Waals surface area contributed by atoms with E-state index in [1.165, 1.54) is 0 Å². The Kier molecular flexibility index (Phi) is 4.67. The predicted octanol–water partition coefficient (Wildman–Crippen LogP) is -0.498. The van der Waals surface area contributed by atoms with Crippen LogP contribution in [-0.2, 0) is 16.4 Å². The van der Waals surface area contributed by atoms with Gasteiger partial charge in [0, 0.05) is 18.9 Å².